The van der Waals surface area contributed by atoms with E-state index in [0.717, 1.165) is 5.56 Å². The van der Waals surface area contributed by atoms with Crippen molar-refractivity contribution in [2.75, 3.05) is 19.1 Å². The van der Waals surface area contributed by atoms with Gasteiger partial charge in [0.25, 0.3) is 0 Å². The van der Waals surface area contributed by atoms with Gasteiger partial charge >= 0.3 is 0 Å². The molecule has 0 spiro atoms. The molecule has 0 radical (unpaired) electrons. The number of nitrogens with one attached hydrogen (secondary N) is 1. The van der Waals surface area contributed by atoms with E-state index in [2.05, 4.69) is 15.6 Å². The fraction of sp³-hybridized carbons (Fsp3) is 0.310. The molecule has 198 valence electrons. The van der Waals surface area contributed by atoms with Gasteiger partial charge in [0.15, 0.2) is 0 Å². The minimum atomic E-state index is -1.03. The Labute approximate surface area is 222 Å². The number of amides is 2. The largest absolute Gasteiger partial charge is 0.497 e. The van der Waals surface area contributed by atoms with E-state index in [1.54, 1.807) is 31.4 Å². The third-order valence-corrected chi connectivity index (χ3v) is 5.98. The van der Waals surface area contributed by atoms with Crippen molar-refractivity contribution in [3.63, 3.8) is 0 Å². The van der Waals surface area contributed by atoms with Crippen LogP contribution in [0.5, 0.6) is 11.5 Å². The maximum Gasteiger partial charge on any atom is 0.249 e. The molecule has 9 heteroatoms. The number of fused-ring (bicyclic) bond motifs is 1. The van der Waals surface area contributed by atoms with Gasteiger partial charge in [-0.15, -0.1) is 5.10 Å². The first-order valence-corrected chi connectivity index (χ1v) is 12.3. The average molecular weight is 516 g/mol. The van der Waals surface area contributed by atoms with Gasteiger partial charge in [0.2, 0.25) is 11.8 Å². The first kappa shape index (κ1) is 26.7. The average Bonchev–Trinajstić information content (AvgIpc) is 3.28. The van der Waals surface area contributed by atoms with Crippen LogP contribution in [0.4, 0.5) is 5.69 Å². The van der Waals surface area contributed by atoms with Crippen molar-refractivity contribution < 1.29 is 19.1 Å². The van der Waals surface area contributed by atoms with Gasteiger partial charge in [-0.2, -0.15) is 0 Å². The number of aromatic nitrogens is 3. The molecule has 0 aliphatic heterocycles. The lowest BCUT2D eigenvalue weighted by Crippen LogP contribution is -2.50. The summed E-state index contributed by atoms with van der Waals surface area (Å²) in [6.07, 6.45) is 0. The molecule has 2 amide bonds. The molecule has 4 rings (SSSR count). The Balaban J connectivity index is 1.90. The third kappa shape index (κ3) is 5.77. The molecule has 3 aromatic carbocycles. The second-order valence-electron chi connectivity index (χ2n) is 10.1. The van der Waals surface area contributed by atoms with Gasteiger partial charge in [-0.3, -0.25) is 14.5 Å². The SMILES string of the molecule is COc1cccc([C@@H](C(=O)NC(C)(C)C)N(C(=O)Cn2nnc3ccccc32)c2cc(C)ccc2OC)c1. The summed E-state index contributed by atoms with van der Waals surface area (Å²) in [4.78, 5) is 29.7. The molecular weight excluding hydrogens is 482 g/mol. The van der Waals surface area contributed by atoms with Crippen LogP contribution in [0.3, 0.4) is 0 Å². The van der Waals surface area contributed by atoms with Crippen LogP contribution in [0.15, 0.2) is 66.7 Å². The number of hydrogen-bond donors (Lipinski definition) is 1. The number of benzene rings is 3. The van der Waals surface area contributed by atoms with Crippen LogP contribution in [-0.2, 0) is 16.1 Å². The molecule has 0 unspecified atom stereocenters. The molecule has 1 heterocycles. The Hall–Kier alpha value is -4.40. The van der Waals surface area contributed by atoms with Crippen LogP contribution in [0.2, 0.25) is 0 Å². The van der Waals surface area contributed by atoms with E-state index in [4.69, 9.17) is 9.47 Å². The highest BCUT2D eigenvalue weighted by atomic mass is 16.5. The van der Waals surface area contributed by atoms with Gasteiger partial charge in [-0.05, 0) is 75.2 Å². The van der Waals surface area contributed by atoms with Crippen LogP contribution in [-0.4, -0.2) is 46.6 Å². The van der Waals surface area contributed by atoms with E-state index in [9.17, 15) is 9.59 Å². The zero-order valence-corrected chi connectivity index (χ0v) is 22.6. The highest BCUT2D eigenvalue weighted by Gasteiger charge is 2.36. The number of carbonyl (C=O) groups excluding carboxylic acids is 2. The second-order valence-corrected chi connectivity index (χ2v) is 10.1. The zero-order chi connectivity index (χ0) is 27.4. The monoisotopic (exact) mass is 515 g/mol. The predicted octanol–water partition coefficient (Wildman–Crippen LogP) is 4.45. The Morgan fingerprint density at radius 1 is 1.00 bits per heavy atom. The molecule has 1 atom stereocenters. The first-order chi connectivity index (χ1) is 18.1. The van der Waals surface area contributed by atoms with Gasteiger partial charge in [0.05, 0.1) is 25.4 Å². The van der Waals surface area contributed by atoms with Crippen LogP contribution in [0, 0.1) is 6.92 Å². The van der Waals surface area contributed by atoms with E-state index < -0.39 is 11.6 Å². The summed E-state index contributed by atoms with van der Waals surface area (Å²) in [6, 6.07) is 19.1. The standard InChI is InChI=1S/C29H33N5O4/c1-19-14-15-25(38-6)24(16-19)34(26(35)18-33-23-13-8-7-12-22(23)31-32-33)27(28(36)30-29(2,3)4)20-10-9-11-21(17-20)37-5/h7-17,27H,18H2,1-6H3,(H,30,36)/t27-/m0/s1. The molecule has 0 saturated heterocycles. The van der Waals surface area contributed by atoms with Crippen molar-refractivity contribution in [3.8, 4) is 11.5 Å². The van der Waals surface area contributed by atoms with Gasteiger partial charge in [-0.25, -0.2) is 4.68 Å². The van der Waals surface area contributed by atoms with Crippen molar-refractivity contribution in [2.24, 2.45) is 0 Å². The third-order valence-electron chi connectivity index (χ3n) is 5.98. The van der Waals surface area contributed by atoms with Crippen molar-refractivity contribution in [2.45, 2.75) is 45.8 Å². The van der Waals surface area contributed by atoms with Crippen molar-refractivity contribution >= 4 is 28.5 Å². The number of rotatable bonds is 8. The first-order valence-electron chi connectivity index (χ1n) is 12.3. The highest BCUT2D eigenvalue weighted by Crippen LogP contribution is 2.37. The maximum atomic E-state index is 14.2. The van der Waals surface area contributed by atoms with Gasteiger partial charge in [0, 0.05) is 5.54 Å². The number of ether oxygens (including phenoxy) is 2. The molecule has 0 bridgehead atoms. The number of methoxy groups -OCH3 is 2. The van der Waals surface area contributed by atoms with Crippen LogP contribution in [0.1, 0.15) is 37.9 Å². The second kappa shape index (κ2) is 10.9. The summed E-state index contributed by atoms with van der Waals surface area (Å²) in [7, 11) is 3.10. The van der Waals surface area contributed by atoms with Gasteiger partial charge in [-0.1, -0.05) is 35.5 Å². The molecule has 0 fully saturated rings. The van der Waals surface area contributed by atoms with Gasteiger partial charge in [0.1, 0.15) is 29.6 Å². The molecular formula is C29H33N5O4. The number of aryl methyl sites for hydroxylation is 1. The van der Waals surface area contributed by atoms with E-state index in [0.29, 0.717) is 33.8 Å². The summed E-state index contributed by atoms with van der Waals surface area (Å²) < 4.78 is 12.6. The smallest absolute Gasteiger partial charge is 0.249 e. The summed E-state index contributed by atoms with van der Waals surface area (Å²) >= 11 is 0. The Morgan fingerprint density at radius 3 is 2.47 bits per heavy atom. The molecule has 38 heavy (non-hydrogen) atoms. The number of anilines is 1. The molecule has 0 aliphatic rings. The number of para-hydroxylation sites is 1. The normalized spacial score (nSPS) is 12.2. The fourth-order valence-corrected chi connectivity index (χ4v) is 4.31. The lowest BCUT2D eigenvalue weighted by molar-refractivity contribution is -0.128. The molecule has 4 aromatic rings. The summed E-state index contributed by atoms with van der Waals surface area (Å²) in [5.41, 5.74) is 2.82. The van der Waals surface area contributed by atoms with Crippen molar-refractivity contribution in [1.82, 2.24) is 20.3 Å². The molecule has 0 aliphatic carbocycles. The number of nitrogens with zero attached hydrogens (tertiary/aromatic N) is 4. The van der Waals surface area contributed by atoms with E-state index in [-0.39, 0.29) is 18.4 Å². The van der Waals surface area contributed by atoms with Crippen molar-refractivity contribution in [1.29, 1.82) is 0 Å². The van der Waals surface area contributed by atoms with Gasteiger partial charge < -0.3 is 14.8 Å². The van der Waals surface area contributed by atoms with Crippen molar-refractivity contribution in [3.05, 3.63) is 77.9 Å². The quantitative estimate of drug-likeness (QED) is 0.372. The summed E-state index contributed by atoms with van der Waals surface area (Å²) in [5, 5.41) is 11.4. The summed E-state index contributed by atoms with van der Waals surface area (Å²) in [5.74, 6) is 0.332. The number of carbonyl (C=O) groups is 2. The van der Waals surface area contributed by atoms with Crippen LogP contribution < -0.4 is 19.7 Å². The van der Waals surface area contributed by atoms with Crippen LogP contribution in [0.25, 0.3) is 11.0 Å². The number of hydrogen-bond acceptors (Lipinski definition) is 6. The lowest BCUT2D eigenvalue weighted by atomic mass is 10.00. The topological polar surface area (TPSA) is 98.6 Å². The lowest BCUT2D eigenvalue weighted by Gasteiger charge is -2.34. The Kier molecular flexibility index (Phi) is 7.66. The minimum absolute atomic E-state index is 0.138. The minimum Gasteiger partial charge on any atom is -0.497 e. The molecule has 0 saturated carbocycles. The Morgan fingerprint density at radius 2 is 1.76 bits per heavy atom. The van der Waals surface area contributed by atoms with E-state index in [1.807, 2.05) is 70.2 Å². The van der Waals surface area contributed by atoms with E-state index >= 15 is 0 Å². The van der Waals surface area contributed by atoms with Crippen LogP contribution >= 0.6 is 0 Å². The molecule has 1 N–H and O–H groups in total. The molecule has 1 aromatic heterocycles. The fourth-order valence-electron chi connectivity index (χ4n) is 4.31. The predicted molar refractivity (Wildman–Crippen MR) is 146 cm³/mol. The maximum absolute atomic E-state index is 14.2. The Bertz CT molecular complexity index is 1460. The summed E-state index contributed by atoms with van der Waals surface area (Å²) in [6.45, 7) is 7.48. The highest BCUT2D eigenvalue weighted by molar-refractivity contribution is 6.02. The van der Waals surface area contributed by atoms with E-state index in [1.165, 1.54) is 16.7 Å². The molecule has 9 nitrogen and oxygen atoms in total. The zero-order valence-electron chi connectivity index (χ0n) is 22.6.